The van der Waals surface area contributed by atoms with Crippen LogP contribution in [0.15, 0.2) is 24.3 Å². The van der Waals surface area contributed by atoms with Crippen LogP contribution in [0, 0.1) is 0 Å². The highest BCUT2D eigenvalue weighted by Crippen LogP contribution is 2.19. The molecule has 7 nitrogen and oxygen atoms in total. The van der Waals surface area contributed by atoms with Gasteiger partial charge in [-0.05, 0) is 37.5 Å². The minimum atomic E-state index is -1.08. The second-order valence-corrected chi connectivity index (χ2v) is 5.23. The number of anilines is 1. The first-order valence-electron chi connectivity index (χ1n) is 7.21. The number of nitrogens with one attached hydrogen (secondary N) is 3. The van der Waals surface area contributed by atoms with Crippen molar-refractivity contribution in [1.29, 1.82) is 0 Å². The van der Waals surface area contributed by atoms with Crippen molar-refractivity contribution < 1.29 is 19.5 Å². The minimum absolute atomic E-state index is 0.243. The molecule has 0 aromatic heterocycles. The molecule has 1 aliphatic carbocycles. The predicted octanol–water partition coefficient (Wildman–Crippen LogP) is 1.56. The number of hydrogen-bond acceptors (Lipinski definition) is 3. The number of hydrogen-bond donors (Lipinski definition) is 4. The van der Waals surface area contributed by atoms with Gasteiger partial charge in [-0.3, -0.25) is 4.79 Å². The number of carboxylic acids is 1. The Balaban J connectivity index is 1.98. The molecule has 1 unspecified atom stereocenters. The monoisotopic (exact) mass is 305 g/mol. The van der Waals surface area contributed by atoms with Crippen LogP contribution in [0.5, 0.6) is 0 Å². The zero-order valence-electron chi connectivity index (χ0n) is 12.3. The van der Waals surface area contributed by atoms with E-state index in [1.807, 2.05) is 0 Å². The summed E-state index contributed by atoms with van der Waals surface area (Å²) in [5, 5.41) is 16.8. The van der Waals surface area contributed by atoms with Gasteiger partial charge in [-0.15, -0.1) is 0 Å². The number of aliphatic carboxylic acids is 1. The molecule has 0 saturated heterocycles. The zero-order valence-corrected chi connectivity index (χ0v) is 12.3. The lowest BCUT2D eigenvalue weighted by Crippen LogP contribution is -2.40. The third kappa shape index (κ3) is 4.47. The molecule has 0 radical (unpaired) electrons. The van der Waals surface area contributed by atoms with Gasteiger partial charge in [-0.1, -0.05) is 13.0 Å². The van der Waals surface area contributed by atoms with E-state index in [1.54, 1.807) is 25.1 Å². The van der Waals surface area contributed by atoms with Gasteiger partial charge in [0.1, 0.15) is 6.04 Å². The molecule has 4 N–H and O–H groups in total. The van der Waals surface area contributed by atoms with Crippen molar-refractivity contribution in [2.45, 2.75) is 38.3 Å². The van der Waals surface area contributed by atoms with Crippen LogP contribution in [-0.4, -0.2) is 35.1 Å². The molecule has 118 valence electrons. The van der Waals surface area contributed by atoms with Gasteiger partial charge in [0.25, 0.3) is 5.91 Å². The van der Waals surface area contributed by atoms with Crippen LogP contribution >= 0.6 is 0 Å². The zero-order chi connectivity index (χ0) is 16.1. The van der Waals surface area contributed by atoms with Gasteiger partial charge in [-0.2, -0.15) is 0 Å². The quantitative estimate of drug-likeness (QED) is 0.639. The normalized spacial score (nSPS) is 14.8. The van der Waals surface area contributed by atoms with Crippen molar-refractivity contribution in [3.05, 3.63) is 29.8 Å². The Morgan fingerprint density at radius 3 is 2.64 bits per heavy atom. The molecule has 0 bridgehead atoms. The lowest BCUT2D eigenvalue weighted by atomic mass is 10.1. The molecule has 22 heavy (non-hydrogen) atoms. The summed E-state index contributed by atoms with van der Waals surface area (Å²) in [6.45, 7) is 1.68. The molecule has 2 rings (SSSR count). The summed E-state index contributed by atoms with van der Waals surface area (Å²) in [6, 6.07) is 5.37. The van der Waals surface area contributed by atoms with Crippen LogP contribution in [0.4, 0.5) is 10.5 Å². The van der Waals surface area contributed by atoms with Gasteiger partial charge >= 0.3 is 12.0 Å². The van der Waals surface area contributed by atoms with Crippen LogP contribution in [0.25, 0.3) is 0 Å². The minimum Gasteiger partial charge on any atom is -0.480 e. The van der Waals surface area contributed by atoms with E-state index >= 15 is 0 Å². The second kappa shape index (κ2) is 6.93. The molecule has 7 heteroatoms. The Hall–Kier alpha value is -2.57. The SMILES string of the molecule is CCC(NC(=O)c1cccc(NC(=O)NC2CC2)c1)C(=O)O. The molecule has 1 atom stereocenters. The van der Waals surface area contributed by atoms with E-state index in [0.29, 0.717) is 17.7 Å². The van der Waals surface area contributed by atoms with Crippen molar-refractivity contribution in [2.24, 2.45) is 0 Å². The molecular formula is C15H19N3O4. The van der Waals surface area contributed by atoms with E-state index in [2.05, 4.69) is 16.0 Å². The number of benzene rings is 1. The van der Waals surface area contributed by atoms with Crippen molar-refractivity contribution in [1.82, 2.24) is 10.6 Å². The second-order valence-electron chi connectivity index (χ2n) is 5.23. The topological polar surface area (TPSA) is 108 Å². The molecule has 1 fully saturated rings. The van der Waals surface area contributed by atoms with E-state index < -0.39 is 17.9 Å². The molecule has 3 amide bonds. The van der Waals surface area contributed by atoms with Crippen LogP contribution in [-0.2, 0) is 4.79 Å². The summed E-state index contributed by atoms with van der Waals surface area (Å²) in [5.74, 6) is -1.56. The van der Waals surface area contributed by atoms with E-state index in [9.17, 15) is 14.4 Å². The fraction of sp³-hybridized carbons (Fsp3) is 0.400. The fourth-order valence-corrected chi connectivity index (χ4v) is 1.90. The number of carbonyl (C=O) groups excluding carboxylic acids is 2. The Morgan fingerprint density at radius 2 is 2.05 bits per heavy atom. The average molecular weight is 305 g/mol. The predicted molar refractivity (Wildman–Crippen MR) is 80.8 cm³/mol. The van der Waals surface area contributed by atoms with E-state index in [4.69, 9.17) is 5.11 Å². The smallest absolute Gasteiger partial charge is 0.326 e. The van der Waals surface area contributed by atoms with Gasteiger partial charge in [0, 0.05) is 17.3 Å². The summed E-state index contributed by atoms with van der Waals surface area (Å²) < 4.78 is 0. The lowest BCUT2D eigenvalue weighted by Gasteiger charge is -2.13. The highest BCUT2D eigenvalue weighted by Gasteiger charge is 2.23. The van der Waals surface area contributed by atoms with Crippen LogP contribution in [0.2, 0.25) is 0 Å². The summed E-state index contributed by atoms with van der Waals surface area (Å²) in [7, 11) is 0. The van der Waals surface area contributed by atoms with Gasteiger partial charge in [0.2, 0.25) is 0 Å². The molecule has 0 aliphatic heterocycles. The van der Waals surface area contributed by atoms with E-state index in [1.165, 1.54) is 6.07 Å². The molecular weight excluding hydrogens is 286 g/mol. The standard InChI is InChI=1S/C15H19N3O4/c1-2-12(14(20)21)18-13(19)9-4-3-5-11(8-9)17-15(22)16-10-6-7-10/h3-5,8,10,12H,2,6-7H2,1H3,(H,18,19)(H,20,21)(H2,16,17,22). The highest BCUT2D eigenvalue weighted by molar-refractivity contribution is 5.98. The number of urea groups is 1. The first-order chi connectivity index (χ1) is 10.5. The summed E-state index contributed by atoms with van der Waals surface area (Å²) in [4.78, 5) is 34.6. The summed E-state index contributed by atoms with van der Waals surface area (Å²) in [6.07, 6.45) is 2.27. The molecule has 1 aromatic carbocycles. The van der Waals surface area contributed by atoms with Crippen molar-refractivity contribution in [2.75, 3.05) is 5.32 Å². The average Bonchev–Trinajstić information content (AvgIpc) is 3.28. The molecule has 0 spiro atoms. The maximum absolute atomic E-state index is 12.0. The maximum Gasteiger partial charge on any atom is 0.326 e. The summed E-state index contributed by atoms with van der Waals surface area (Å²) >= 11 is 0. The largest absolute Gasteiger partial charge is 0.480 e. The van der Waals surface area contributed by atoms with Crippen LogP contribution in [0.3, 0.4) is 0 Å². The number of amides is 3. The van der Waals surface area contributed by atoms with Gasteiger partial charge in [0.05, 0.1) is 0 Å². The first kappa shape index (κ1) is 15.8. The first-order valence-corrected chi connectivity index (χ1v) is 7.21. The summed E-state index contributed by atoms with van der Waals surface area (Å²) in [5.41, 5.74) is 0.776. The third-order valence-corrected chi connectivity index (χ3v) is 3.31. The number of carbonyl (C=O) groups is 3. The fourth-order valence-electron chi connectivity index (χ4n) is 1.90. The third-order valence-electron chi connectivity index (χ3n) is 3.31. The number of rotatable bonds is 6. The van der Waals surface area contributed by atoms with Crippen molar-refractivity contribution >= 4 is 23.6 Å². The molecule has 1 saturated carbocycles. The molecule has 1 aliphatic rings. The van der Waals surface area contributed by atoms with E-state index in [-0.39, 0.29) is 12.1 Å². The van der Waals surface area contributed by atoms with Crippen molar-refractivity contribution in [3.63, 3.8) is 0 Å². The van der Waals surface area contributed by atoms with Crippen molar-refractivity contribution in [3.8, 4) is 0 Å². The molecule has 0 heterocycles. The highest BCUT2D eigenvalue weighted by atomic mass is 16.4. The van der Waals surface area contributed by atoms with Crippen LogP contribution < -0.4 is 16.0 Å². The van der Waals surface area contributed by atoms with E-state index in [0.717, 1.165) is 12.8 Å². The number of carboxylic acid groups (broad SMARTS) is 1. The Labute approximate surface area is 128 Å². The Bertz CT molecular complexity index is 584. The van der Waals surface area contributed by atoms with Crippen LogP contribution in [0.1, 0.15) is 36.5 Å². The van der Waals surface area contributed by atoms with Gasteiger partial charge < -0.3 is 21.1 Å². The maximum atomic E-state index is 12.0. The molecule has 1 aromatic rings. The van der Waals surface area contributed by atoms with Gasteiger partial charge in [0.15, 0.2) is 0 Å². The Morgan fingerprint density at radius 1 is 1.32 bits per heavy atom. The lowest BCUT2D eigenvalue weighted by molar-refractivity contribution is -0.139. The van der Waals surface area contributed by atoms with Gasteiger partial charge in [-0.25, -0.2) is 9.59 Å². The Kier molecular flexibility index (Phi) is 4.98.